The molecule has 3 unspecified atom stereocenters. The third-order valence-corrected chi connectivity index (χ3v) is 6.24. The Kier molecular flexibility index (Phi) is 5.58. The van der Waals surface area contributed by atoms with E-state index in [0.29, 0.717) is 11.3 Å². The molecule has 0 bridgehead atoms. The Labute approximate surface area is 133 Å². The molecule has 2 N–H and O–H groups in total. The van der Waals surface area contributed by atoms with Crippen molar-refractivity contribution in [1.82, 2.24) is 4.90 Å². The fourth-order valence-corrected chi connectivity index (χ4v) is 4.74. The molecule has 3 atom stereocenters. The average molecular weight is 308 g/mol. The Morgan fingerprint density at radius 2 is 2.19 bits per heavy atom. The molecule has 3 nitrogen and oxygen atoms in total. The van der Waals surface area contributed by atoms with Crippen molar-refractivity contribution in [2.75, 3.05) is 26.5 Å². The monoisotopic (exact) mass is 308 g/mol. The molecule has 0 aromatic heterocycles. The Morgan fingerprint density at radius 1 is 1.48 bits per heavy atom. The van der Waals surface area contributed by atoms with Crippen LogP contribution in [-0.2, 0) is 6.42 Å². The van der Waals surface area contributed by atoms with Crippen molar-refractivity contribution in [2.24, 2.45) is 5.73 Å². The fraction of sp³-hybridized carbons (Fsp3) is 0.647. The highest BCUT2D eigenvalue weighted by atomic mass is 32.2. The molecule has 1 aliphatic heterocycles. The van der Waals surface area contributed by atoms with E-state index in [0.717, 1.165) is 24.5 Å². The quantitative estimate of drug-likeness (QED) is 0.877. The van der Waals surface area contributed by atoms with E-state index in [1.807, 2.05) is 23.9 Å². The van der Waals surface area contributed by atoms with Gasteiger partial charge in [-0.3, -0.25) is 4.90 Å². The van der Waals surface area contributed by atoms with Gasteiger partial charge in [0, 0.05) is 29.1 Å². The lowest BCUT2D eigenvalue weighted by Gasteiger charge is -2.41. The molecule has 4 heteroatoms. The Balaban J connectivity index is 2.10. The summed E-state index contributed by atoms with van der Waals surface area (Å²) in [7, 11) is 3.97. The number of nitrogens with zero attached hydrogens (tertiary/aromatic N) is 1. The standard InChI is InChI=1S/C17H28N2OS/c1-13(9-15-7-5-6-8-16(15)20-4)19(3)17(11-18)10-14(2)21-12-17/h5-8,13-14H,9-12,18H2,1-4H3. The van der Waals surface area contributed by atoms with Crippen LogP contribution < -0.4 is 10.5 Å². The van der Waals surface area contributed by atoms with Crippen LogP contribution in [0.15, 0.2) is 24.3 Å². The molecule has 21 heavy (non-hydrogen) atoms. The molecule has 1 aliphatic rings. The molecular weight excluding hydrogens is 280 g/mol. The lowest BCUT2D eigenvalue weighted by atomic mass is 9.91. The van der Waals surface area contributed by atoms with Gasteiger partial charge in [-0.05, 0) is 38.4 Å². The van der Waals surface area contributed by atoms with Gasteiger partial charge in [0.25, 0.3) is 0 Å². The summed E-state index contributed by atoms with van der Waals surface area (Å²) in [5.74, 6) is 2.12. The van der Waals surface area contributed by atoms with Gasteiger partial charge in [0.15, 0.2) is 0 Å². The van der Waals surface area contributed by atoms with Gasteiger partial charge in [-0.15, -0.1) is 0 Å². The van der Waals surface area contributed by atoms with Crippen LogP contribution in [0.1, 0.15) is 25.8 Å². The summed E-state index contributed by atoms with van der Waals surface area (Å²) in [6.07, 6.45) is 2.17. The van der Waals surface area contributed by atoms with Crippen molar-refractivity contribution in [1.29, 1.82) is 0 Å². The average Bonchev–Trinajstić information content (AvgIpc) is 2.89. The molecule has 1 heterocycles. The number of likely N-dealkylation sites (N-methyl/N-ethyl adjacent to an activating group) is 1. The fourth-order valence-electron chi connectivity index (χ4n) is 3.28. The highest BCUT2D eigenvalue weighted by Gasteiger charge is 2.41. The summed E-state index contributed by atoms with van der Waals surface area (Å²) >= 11 is 2.04. The van der Waals surface area contributed by atoms with E-state index in [1.165, 1.54) is 12.0 Å². The van der Waals surface area contributed by atoms with Crippen molar-refractivity contribution >= 4 is 11.8 Å². The summed E-state index contributed by atoms with van der Waals surface area (Å²) in [5, 5.41) is 0.703. The van der Waals surface area contributed by atoms with E-state index in [1.54, 1.807) is 7.11 Å². The molecule has 1 aromatic carbocycles. The van der Waals surface area contributed by atoms with E-state index in [-0.39, 0.29) is 5.54 Å². The summed E-state index contributed by atoms with van der Waals surface area (Å²) in [5.41, 5.74) is 7.55. The first-order valence-electron chi connectivity index (χ1n) is 7.69. The van der Waals surface area contributed by atoms with Crippen LogP contribution in [0.5, 0.6) is 5.75 Å². The van der Waals surface area contributed by atoms with Gasteiger partial charge in [-0.25, -0.2) is 0 Å². The van der Waals surface area contributed by atoms with Gasteiger partial charge < -0.3 is 10.5 Å². The van der Waals surface area contributed by atoms with Crippen LogP contribution in [0.4, 0.5) is 0 Å². The van der Waals surface area contributed by atoms with Crippen LogP contribution in [0.25, 0.3) is 0 Å². The number of rotatable bonds is 6. The normalized spacial score (nSPS) is 27.0. The van der Waals surface area contributed by atoms with E-state index < -0.39 is 0 Å². The van der Waals surface area contributed by atoms with Gasteiger partial charge in [-0.1, -0.05) is 25.1 Å². The van der Waals surface area contributed by atoms with Gasteiger partial charge in [0.2, 0.25) is 0 Å². The van der Waals surface area contributed by atoms with Crippen LogP contribution in [0, 0.1) is 0 Å². The van der Waals surface area contributed by atoms with Crippen LogP contribution in [0.3, 0.4) is 0 Å². The smallest absolute Gasteiger partial charge is 0.122 e. The third-order valence-electron chi connectivity index (χ3n) is 4.80. The summed E-state index contributed by atoms with van der Waals surface area (Å²) in [4.78, 5) is 2.50. The second-order valence-corrected chi connectivity index (χ2v) is 7.66. The molecule has 118 valence electrons. The van der Waals surface area contributed by atoms with Crippen LogP contribution in [0.2, 0.25) is 0 Å². The van der Waals surface area contributed by atoms with E-state index in [2.05, 4.69) is 37.9 Å². The summed E-state index contributed by atoms with van der Waals surface area (Å²) in [6, 6.07) is 8.73. The SMILES string of the molecule is COc1ccccc1CC(C)N(C)C1(CN)CSC(C)C1. The number of thioether (sulfide) groups is 1. The second kappa shape index (κ2) is 7.03. The van der Waals surface area contributed by atoms with E-state index in [4.69, 9.17) is 10.5 Å². The third kappa shape index (κ3) is 3.55. The minimum absolute atomic E-state index is 0.144. The maximum Gasteiger partial charge on any atom is 0.122 e. The molecule has 0 radical (unpaired) electrons. The van der Waals surface area contributed by atoms with E-state index >= 15 is 0 Å². The van der Waals surface area contributed by atoms with Gasteiger partial charge in [-0.2, -0.15) is 11.8 Å². The highest BCUT2D eigenvalue weighted by molar-refractivity contribution is 8.00. The second-order valence-electron chi connectivity index (χ2n) is 6.23. The lowest BCUT2D eigenvalue weighted by molar-refractivity contribution is 0.102. The molecular formula is C17H28N2OS. The molecule has 0 amide bonds. The van der Waals surface area contributed by atoms with Crippen molar-refractivity contribution in [2.45, 2.75) is 43.5 Å². The maximum atomic E-state index is 6.14. The van der Waals surface area contributed by atoms with Gasteiger partial charge in [0.05, 0.1) is 7.11 Å². The number of hydrogen-bond donors (Lipinski definition) is 1. The zero-order chi connectivity index (χ0) is 15.5. The summed E-state index contributed by atoms with van der Waals surface area (Å²) < 4.78 is 5.47. The first-order valence-corrected chi connectivity index (χ1v) is 8.74. The number of ether oxygens (including phenoxy) is 1. The number of nitrogens with two attached hydrogens (primary N) is 1. The van der Waals surface area contributed by atoms with Crippen LogP contribution >= 0.6 is 11.8 Å². The largest absolute Gasteiger partial charge is 0.496 e. The zero-order valence-corrected chi connectivity index (χ0v) is 14.5. The van der Waals surface area contributed by atoms with E-state index in [9.17, 15) is 0 Å². The maximum absolute atomic E-state index is 6.14. The Hall–Kier alpha value is -0.710. The number of benzene rings is 1. The molecule has 0 saturated carbocycles. The number of para-hydroxylation sites is 1. The van der Waals surface area contributed by atoms with Crippen molar-refractivity contribution in [3.05, 3.63) is 29.8 Å². The minimum Gasteiger partial charge on any atom is -0.496 e. The highest BCUT2D eigenvalue weighted by Crippen LogP contribution is 2.38. The van der Waals surface area contributed by atoms with Gasteiger partial charge >= 0.3 is 0 Å². The van der Waals surface area contributed by atoms with Gasteiger partial charge in [0.1, 0.15) is 5.75 Å². The molecule has 0 aliphatic carbocycles. The first-order chi connectivity index (χ1) is 10.0. The number of methoxy groups -OCH3 is 1. The molecule has 1 fully saturated rings. The predicted molar refractivity (Wildman–Crippen MR) is 92.2 cm³/mol. The zero-order valence-electron chi connectivity index (χ0n) is 13.6. The number of hydrogen-bond acceptors (Lipinski definition) is 4. The Morgan fingerprint density at radius 3 is 2.76 bits per heavy atom. The molecule has 0 spiro atoms. The van der Waals surface area contributed by atoms with Crippen molar-refractivity contribution in [3.8, 4) is 5.75 Å². The van der Waals surface area contributed by atoms with Crippen LogP contribution in [-0.4, -0.2) is 48.2 Å². The summed E-state index contributed by atoms with van der Waals surface area (Å²) in [6.45, 7) is 5.33. The predicted octanol–water partition coefficient (Wildman–Crippen LogP) is 2.78. The first kappa shape index (κ1) is 16.7. The van der Waals surface area contributed by atoms with Crippen molar-refractivity contribution in [3.63, 3.8) is 0 Å². The Bertz CT molecular complexity index is 468. The minimum atomic E-state index is 0.144. The van der Waals surface area contributed by atoms with Crippen molar-refractivity contribution < 1.29 is 4.74 Å². The molecule has 2 rings (SSSR count). The topological polar surface area (TPSA) is 38.5 Å². The molecule has 1 saturated heterocycles. The molecule has 1 aromatic rings. The lowest BCUT2D eigenvalue weighted by Crippen LogP contribution is -2.56.